The summed E-state index contributed by atoms with van der Waals surface area (Å²) in [6, 6.07) is 0. The molecule has 67 heavy (non-hydrogen) atoms. The number of carbonyl (C=O) groups is 3. The van der Waals surface area contributed by atoms with E-state index in [2.05, 4.69) is 69.4 Å². The summed E-state index contributed by atoms with van der Waals surface area (Å²) in [5.41, 5.74) is 0. The smallest absolute Gasteiger partial charge is 0.306 e. The van der Waals surface area contributed by atoms with Gasteiger partial charge in [0.15, 0.2) is 6.10 Å². The number of hydrogen-bond donors (Lipinski definition) is 0. The summed E-state index contributed by atoms with van der Waals surface area (Å²) in [6.07, 6.45) is 68.1. The van der Waals surface area contributed by atoms with Crippen LogP contribution in [0.1, 0.15) is 303 Å². The summed E-state index contributed by atoms with van der Waals surface area (Å²) in [4.78, 5) is 38.2. The van der Waals surface area contributed by atoms with Crippen molar-refractivity contribution >= 4 is 17.9 Å². The van der Waals surface area contributed by atoms with Gasteiger partial charge in [-0.3, -0.25) is 14.4 Å². The molecule has 0 saturated heterocycles. The third-order valence-corrected chi connectivity index (χ3v) is 12.8. The van der Waals surface area contributed by atoms with Crippen LogP contribution in [0.5, 0.6) is 0 Å². The number of allylic oxidation sites excluding steroid dienone is 8. The highest BCUT2D eigenvalue weighted by Gasteiger charge is 2.19. The first-order chi connectivity index (χ1) is 33.0. The fraction of sp³-hybridized carbons (Fsp3) is 0.820. The Bertz CT molecular complexity index is 1170. The van der Waals surface area contributed by atoms with Gasteiger partial charge in [0.25, 0.3) is 0 Å². The monoisotopic (exact) mass is 939 g/mol. The van der Waals surface area contributed by atoms with Crippen molar-refractivity contribution < 1.29 is 28.6 Å². The van der Waals surface area contributed by atoms with Gasteiger partial charge in [-0.15, -0.1) is 0 Å². The first kappa shape index (κ1) is 64.4. The molecule has 0 aliphatic carbocycles. The molecule has 0 aromatic rings. The predicted octanol–water partition coefficient (Wildman–Crippen LogP) is 19.4. The topological polar surface area (TPSA) is 78.9 Å². The molecule has 6 nitrogen and oxygen atoms in total. The van der Waals surface area contributed by atoms with Crippen molar-refractivity contribution in [2.45, 2.75) is 309 Å². The zero-order valence-electron chi connectivity index (χ0n) is 44.7. The Morgan fingerprint density at radius 2 is 0.537 bits per heavy atom. The van der Waals surface area contributed by atoms with Crippen LogP contribution in [-0.4, -0.2) is 37.2 Å². The van der Waals surface area contributed by atoms with Gasteiger partial charge in [-0.05, 0) is 83.5 Å². The molecular formula is C61H110O6. The summed E-state index contributed by atoms with van der Waals surface area (Å²) in [7, 11) is 0. The third-order valence-electron chi connectivity index (χ3n) is 12.8. The molecule has 390 valence electrons. The van der Waals surface area contributed by atoms with Gasteiger partial charge >= 0.3 is 17.9 Å². The number of rotatable bonds is 53. The van der Waals surface area contributed by atoms with Crippen molar-refractivity contribution in [3.8, 4) is 0 Å². The summed E-state index contributed by atoms with van der Waals surface area (Å²) >= 11 is 0. The molecule has 6 heteroatoms. The molecule has 0 bridgehead atoms. The van der Waals surface area contributed by atoms with E-state index in [-0.39, 0.29) is 31.1 Å². The highest BCUT2D eigenvalue weighted by atomic mass is 16.6. The second-order valence-corrected chi connectivity index (χ2v) is 19.6. The van der Waals surface area contributed by atoms with Gasteiger partial charge in [-0.25, -0.2) is 0 Å². The van der Waals surface area contributed by atoms with Crippen molar-refractivity contribution in [1.29, 1.82) is 0 Å². The largest absolute Gasteiger partial charge is 0.462 e. The normalized spacial score (nSPS) is 12.3. The first-order valence-electron chi connectivity index (χ1n) is 29.1. The molecule has 0 fully saturated rings. The Morgan fingerprint density at radius 1 is 0.299 bits per heavy atom. The van der Waals surface area contributed by atoms with Crippen molar-refractivity contribution in [2.24, 2.45) is 0 Å². The van der Waals surface area contributed by atoms with Gasteiger partial charge < -0.3 is 14.2 Å². The molecule has 0 unspecified atom stereocenters. The number of hydrogen-bond acceptors (Lipinski definition) is 6. The van der Waals surface area contributed by atoms with Crippen LogP contribution in [0.15, 0.2) is 48.6 Å². The highest BCUT2D eigenvalue weighted by molar-refractivity contribution is 5.71. The Kier molecular flexibility index (Phi) is 53.8. The molecule has 0 saturated carbocycles. The molecule has 0 rings (SSSR count). The molecule has 0 aromatic heterocycles. The SMILES string of the molecule is CCCCC/C=C\C/C=C\C/C=C\CCCCCCC(=O)OC[C@H](COC(=O)CCCCCCC/C=C\CCCCCCCC)OC(=O)CCCCCCCCCCCCCCCCCCC. The third kappa shape index (κ3) is 54.2. The molecule has 0 spiro atoms. The second-order valence-electron chi connectivity index (χ2n) is 19.6. The van der Waals surface area contributed by atoms with Gasteiger partial charge in [0, 0.05) is 19.3 Å². The Labute approximate surface area is 416 Å². The summed E-state index contributed by atoms with van der Waals surface area (Å²) < 4.78 is 16.9. The van der Waals surface area contributed by atoms with Crippen LogP contribution < -0.4 is 0 Å². The zero-order chi connectivity index (χ0) is 48.6. The lowest BCUT2D eigenvalue weighted by atomic mass is 10.0. The average Bonchev–Trinajstić information content (AvgIpc) is 3.33. The van der Waals surface area contributed by atoms with E-state index in [0.717, 1.165) is 89.9 Å². The minimum absolute atomic E-state index is 0.0819. The van der Waals surface area contributed by atoms with E-state index in [9.17, 15) is 14.4 Å². The van der Waals surface area contributed by atoms with Crippen LogP contribution in [-0.2, 0) is 28.6 Å². The molecule has 0 aliphatic rings. The second kappa shape index (κ2) is 56.0. The van der Waals surface area contributed by atoms with Crippen LogP contribution in [0.25, 0.3) is 0 Å². The molecule has 1 atom stereocenters. The van der Waals surface area contributed by atoms with E-state index in [4.69, 9.17) is 14.2 Å². The Balaban J connectivity index is 4.40. The van der Waals surface area contributed by atoms with E-state index in [0.29, 0.717) is 19.3 Å². The quantitative estimate of drug-likeness (QED) is 0.0262. The highest BCUT2D eigenvalue weighted by Crippen LogP contribution is 2.16. The van der Waals surface area contributed by atoms with E-state index in [1.807, 2.05) is 0 Å². The van der Waals surface area contributed by atoms with Gasteiger partial charge in [0.05, 0.1) is 0 Å². The van der Waals surface area contributed by atoms with Gasteiger partial charge in [-0.1, -0.05) is 249 Å². The molecular weight excluding hydrogens is 829 g/mol. The maximum Gasteiger partial charge on any atom is 0.306 e. The molecule has 0 aliphatic heterocycles. The molecule has 0 radical (unpaired) electrons. The Hall–Kier alpha value is -2.63. The fourth-order valence-corrected chi connectivity index (χ4v) is 8.39. The summed E-state index contributed by atoms with van der Waals surface area (Å²) in [5, 5.41) is 0. The first-order valence-corrected chi connectivity index (χ1v) is 29.1. The maximum absolute atomic E-state index is 12.9. The number of unbranched alkanes of at least 4 members (excludes halogenated alkanes) is 34. The number of esters is 3. The van der Waals surface area contributed by atoms with Crippen LogP contribution >= 0.6 is 0 Å². The van der Waals surface area contributed by atoms with Crippen LogP contribution in [0.4, 0.5) is 0 Å². The van der Waals surface area contributed by atoms with Crippen LogP contribution in [0.3, 0.4) is 0 Å². The minimum Gasteiger partial charge on any atom is -0.462 e. The molecule has 0 heterocycles. The lowest BCUT2D eigenvalue weighted by Crippen LogP contribution is -2.30. The van der Waals surface area contributed by atoms with Crippen molar-refractivity contribution in [1.82, 2.24) is 0 Å². The number of ether oxygens (including phenoxy) is 3. The van der Waals surface area contributed by atoms with Gasteiger partial charge in [0.1, 0.15) is 13.2 Å². The Morgan fingerprint density at radius 3 is 0.881 bits per heavy atom. The van der Waals surface area contributed by atoms with E-state index >= 15 is 0 Å². The van der Waals surface area contributed by atoms with Gasteiger partial charge in [0.2, 0.25) is 0 Å². The van der Waals surface area contributed by atoms with E-state index in [1.165, 1.54) is 173 Å². The van der Waals surface area contributed by atoms with Gasteiger partial charge in [-0.2, -0.15) is 0 Å². The summed E-state index contributed by atoms with van der Waals surface area (Å²) in [5.74, 6) is -0.896. The number of carbonyl (C=O) groups excluding carboxylic acids is 3. The molecule has 0 aromatic carbocycles. The van der Waals surface area contributed by atoms with E-state index in [1.54, 1.807) is 0 Å². The van der Waals surface area contributed by atoms with Crippen molar-refractivity contribution in [3.63, 3.8) is 0 Å². The van der Waals surface area contributed by atoms with Crippen molar-refractivity contribution in [3.05, 3.63) is 48.6 Å². The predicted molar refractivity (Wildman–Crippen MR) is 289 cm³/mol. The maximum atomic E-state index is 12.9. The fourth-order valence-electron chi connectivity index (χ4n) is 8.39. The van der Waals surface area contributed by atoms with Crippen molar-refractivity contribution in [2.75, 3.05) is 13.2 Å². The lowest BCUT2D eigenvalue weighted by molar-refractivity contribution is -0.167. The van der Waals surface area contributed by atoms with E-state index < -0.39 is 6.10 Å². The standard InChI is InChI=1S/C61H110O6/c1-4-7-10-13-16-19-22-25-28-30-33-36-39-42-45-48-51-54-60(63)66-57-58(56-65-59(62)53-50-47-44-41-38-35-32-27-24-21-18-15-12-9-6-3)67-61(64)55-52-49-46-43-40-37-34-31-29-26-23-20-17-14-11-8-5-2/h16,19,25,27-28,32-33,36,58H,4-15,17-18,20-24,26,29-31,34-35,37-57H2,1-3H3/b19-16-,28-25-,32-27-,36-33-/t58-/m0/s1. The molecule has 0 amide bonds. The zero-order valence-corrected chi connectivity index (χ0v) is 44.7. The summed E-state index contributed by atoms with van der Waals surface area (Å²) in [6.45, 7) is 6.62. The lowest BCUT2D eigenvalue weighted by Gasteiger charge is -2.18. The molecule has 0 N–H and O–H groups in total. The van der Waals surface area contributed by atoms with Crippen LogP contribution in [0, 0.1) is 0 Å². The minimum atomic E-state index is -0.783. The average molecular weight is 940 g/mol. The van der Waals surface area contributed by atoms with Crippen LogP contribution in [0.2, 0.25) is 0 Å².